The van der Waals surface area contributed by atoms with Gasteiger partial charge >= 0.3 is 6.18 Å². The van der Waals surface area contributed by atoms with E-state index in [4.69, 9.17) is 6.42 Å². The Morgan fingerprint density at radius 1 is 1.53 bits per heavy atom. The lowest BCUT2D eigenvalue weighted by Crippen LogP contribution is -2.34. The number of nitrogens with one attached hydrogen (secondary N) is 1. The maximum Gasteiger partial charge on any atom is 0.389 e. The molecule has 0 rings (SSSR count). The highest BCUT2D eigenvalue weighted by Crippen LogP contribution is 2.21. The highest BCUT2D eigenvalue weighted by Gasteiger charge is 2.28. The van der Waals surface area contributed by atoms with Crippen molar-refractivity contribution in [2.24, 2.45) is 0 Å². The van der Waals surface area contributed by atoms with Gasteiger partial charge in [-0.05, 0) is 6.42 Å². The number of hydrogen-bond donors (Lipinski definition) is 1. The Balaban J connectivity index is 3.87. The van der Waals surface area contributed by atoms with E-state index in [2.05, 4.69) is 11.2 Å². The fraction of sp³-hybridized carbons (Fsp3) is 0.700. The lowest BCUT2D eigenvalue weighted by Gasteiger charge is -2.14. The summed E-state index contributed by atoms with van der Waals surface area (Å²) in [5.74, 6) is 1.76. The molecule has 0 aliphatic rings. The predicted molar refractivity (Wildman–Crippen MR) is 51.0 cm³/mol. The lowest BCUT2D eigenvalue weighted by atomic mass is 10.1. The van der Waals surface area contributed by atoms with Gasteiger partial charge in [-0.1, -0.05) is 6.92 Å². The number of terminal acetylenes is 1. The number of rotatable bonds is 5. The van der Waals surface area contributed by atoms with Crippen LogP contribution in [0.3, 0.4) is 0 Å². The van der Waals surface area contributed by atoms with Crippen LogP contribution in [0.1, 0.15) is 32.6 Å². The topological polar surface area (TPSA) is 29.1 Å². The minimum atomic E-state index is -4.29. The number of amides is 1. The Kier molecular flexibility index (Phi) is 5.83. The summed E-state index contributed by atoms with van der Waals surface area (Å²) >= 11 is 0. The van der Waals surface area contributed by atoms with Crippen LogP contribution >= 0.6 is 0 Å². The highest BCUT2D eigenvalue weighted by molar-refractivity contribution is 5.76. The third-order valence-corrected chi connectivity index (χ3v) is 1.86. The van der Waals surface area contributed by atoms with Crippen molar-refractivity contribution >= 4 is 5.91 Å². The largest absolute Gasteiger partial charge is 0.389 e. The zero-order valence-electron chi connectivity index (χ0n) is 8.53. The molecule has 0 bridgehead atoms. The predicted octanol–water partition coefficient (Wildman–Crippen LogP) is 2.25. The van der Waals surface area contributed by atoms with Gasteiger partial charge in [0.25, 0.3) is 0 Å². The monoisotopic (exact) mass is 221 g/mol. The van der Waals surface area contributed by atoms with Crippen LogP contribution in [0.25, 0.3) is 0 Å². The van der Waals surface area contributed by atoms with Crippen LogP contribution in [0.2, 0.25) is 0 Å². The van der Waals surface area contributed by atoms with E-state index in [0.29, 0.717) is 12.8 Å². The van der Waals surface area contributed by atoms with Crippen molar-refractivity contribution in [2.45, 2.75) is 44.8 Å². The third-order valence-electron chi connectivity index (χ3n) is 1.86. The van der Waals surface area contributed by atoms with E-state index in [1.54, 1.807) is 0 Å². The second-order valence-electron chi connectivity index (χ2n) is 3.20. The van der Waals surface area contributed by atoms with Crippen LogP contribution in [0.15, 0.2) is 0 Å². The van der Waals surface area contributed by atoms with Crippen LogP contribution in [0, 0.1) is 12.3 Å². The van der Waals surface area contributed by atoms with Gasteiger partial charge in [-0.3, -0.25) is 4.79 Å². The van der Waals surface area contributed by atoms with Crippen molar-refractivity contribution in [2.75, 3.05) is 0 Å². The van der Waals surface area contributed by atoms with Gasteiger partial charge in [0.1, 0.15) is 0 Å². The Labute approximate surface area is 87.2 Å². The maximum atomic E-state index is 11.8. The number of hydrogen-bond acceptors (Lipinski definition) is 1. The average Bonchev–Trinajstić information content (AvgIpc) is 2.13. The molecule has 0 aromatic rings. The first kappa shape index (κ1) is 13.8. The molecule has 0 fully saturated rings. The quantitative estimate of drug-likeness (QED) is 0.709. The first-order valence-electron chi connectivity index (χ1n) is 4.68. The zero-order valence-corrected chi connectivity index (χ0v) is 8.53. The lowest BCUT2D eigenvalue weighted by molar-refractivity contribution is -0.144. The van der Waals surface area contributed by atoms with Crippen LogP contribution in [0.5, 0.6) is 0 Å². The molecule has 0 aromatic heterocycles. The van der Waals surface area contributed by atoms with Crippen molar-refractivity contribution in [1.82, 2.24) is 5.32 Å². The first-order valence-corrected chi connectivity index (χ1v) is 4.68. The third kappa shape index (κ3) is 7.86. The molecule has 86 valence electrons. The molecule has 0 aliphatic carbocycles. The number of carbonyl (C=O) groups excluding carboxylic acids is 1. The Morgan fingerprint density at radius 2 is 2.13 bits per heavy atom. The number of carbonyl (C=O) groups is 1. The summed E-state index contributed by atoms with van der Waals surface area (Å²) in [6.45, 7) is 1.81. The van der Waals surface area contributed by atoms with Crippen molar-refractivity contribution in [3.63, 3.8) is 0 Å². The zero-order chi connectivity index (χ0) is 11.9. The van der Waals surface area contributed by atoms with Gasteiger partial charge in [0, 0.05) is 18.9 Å². The van der Waals surface area contributed by atoms with Gasteiger partial charge in [-0.15, -0.1) is 12.3 Å². The van der Waals surface area contributed by atoms with Gasteiger partial charge in [0.2, 0.25) is 5.91 Å². The van der Waals surface area contributed by atoms with E-state index in [1.165, 1.54) is 0 Å². The van der Waals surface area contributed by atoms with Crippen LogP contribution in [-0.4, -0.2) is 18.1 Å². The second kappa shape index (κ2) is 6.33. The SMILES string of the molecule is C#CCC(CC)NC(=O)CCC(F)(F)F. The van der Waals surface area contributed by atoms with E-state index in [9.17, 15) is 18.0 Å². The molecule has 1 unspecified atom stereocenters. The minimum Gasteiger partial charge on any atom is -0.352 e. The summed E-state index contributed by atoms with van der Waals surface area (Å²) in [7, 11) is 0. The van der Waals surface area contributed by atoms with Crippen LogP contribution in [-0.2, 0) is 4.79 Å². The van der Waals surface area contributed by atoms with E-state index in [-0.39, 0.29) is 6.04 Å². The van der Waals surface area contributed by atoms with Crippen molar-refractivity contribution in [3.8, 4) is 12.3 Å². The van der Waals surface area contributed by atoms with Gasteiger partial charge in [0.15, 0.2) is 0 Å². The van der Waals surface area contributed by atoms with E-state index < -0.39 is 24.9 Å². The smallest absolute Gasteiger partial charge is 0.352 e. The fourth-order valence-corrected chi connectivity index (χ4v) is 0.995. The highest BCUT2D eigenvalue weighted by atomic mass is 19.4. The number of halogens is 3. The van der Waals surface area contributed by atoms with Crippen molar-refractivity contribution < 1.29 is 18.0 Å². The van der Waals surface area contributed by atoms with E-state index >= 15 is 0 Å². The van der Waals surface area contributed by atoms with Gasteiger partial charge in [0.05, 0.1) is 6.42 Å². The normalized spacial score (nSPS) is 13.0. The van der Waals surface area contributed by atoms with Gasteiger partial charge in [-0.2, -0.15) is 13.2 Å². The molecule has 1 amide bonds. The molecule has 1 N–H and O–H groups in total. The van der Waals surface area contributed by atoms with Crippen molar-refractivity contribution in [3.05, 3.63) is 0 Å². The molecule has 0 aromatic carbocycles. The summed E-state index contributed by atoms with van der Waals surface area (Å²) < 4.78 is 35.3. The molecule has 15 heavy (non-hydrogen) atoms. The molecule has 2 nitrogen and oxygen atoms in total. The second-order valence-corrected chi connectivity index (χ2v) is 3.20. The van der Waals surface area contributed by atoms with Gasteiger partial charge < -0.3 is 5.32 Å². The summed E-state index contributed by atoms with van der Waals surface area (Å²) in [6, 6.07) is -0.226. The van der Waals surface area contributed by atoms with Crippen LogP contribution < -0.4 is 5.32 Å². The fourth-order valence-electron chi connectivity index (χ4n) is 0.995. The molecule has 5 heteroatoms. The molecular weight excluding hydrogens is 207 g/mol. The van der Waals surface area contributed by atoms with Crippen molar-refractivity contribution in [1.29, 1.82) is 0 Å². The standard InChI is InChI=1S/C10H14F3NO/c1-3-5-8(4-2)14-9(15)6-7-10(11,12)13/h1,8H,4-7H2,2H3,(H,14,15). The van der Waals surface area contributed by atoms with E-state index in [1.807, 2.05) is 6.92 Å². The summed E-state index contributed by atoms with van der Waals surface area (Å²) in [5.41, 5.74) is 0. The molecular formula is C10H14F3NO. The average molecular weight is 221 g/mol. The summed E-state index contributed by atoms with van der Waals surface area (Å²) in [5, 5.41) is 2.46. The molecule has 0 radical (unpaired) electrons. The molecule has 0 aliphatic heterocycles. The molecule has 0 spiro atoms. The minimum absolute atomic E-state index is 0.226. The Hall–Kier alpha value is -1.18. The van der Waals surface area contributed by atoms with E-state index in [0.717, 1.165) is 0 Å². The molecule has 0 heterocycles. The molecule has 1 atom stereocenters. The van der Waals surface area contributed by atoms with Crippen LogP contribution in [0.4, 0.5) is 13.2 Å². The summed E-state index contributed by atoms with van der Waals surface area (Å²) in [6.07, 6.45) is 0.0816. The summed E-state index contributed by atoms with van der Waals surface area (Å²) in [4.78, 5) is 11.1. The Bertz CT molecular complexity index is 242. The first-order chi connectivity index (χ1) is 6.89. The maximum absolute atomic E-state index is 11.8. The number of alkyl halides is 3. The Morgan fingerprint density at radius 3 is 2.53 bits per heavy atom. The molecule has 0 saturated carbocycles. The van der Waals surface area contributed by atoms with Gasteiger partial charge in [-0.25, -0.2) is 0 Å². The molecule has 0 saturated heterocycles.